The van der Waals surface area contributed by atoms with Crippen molar-refractivity contribution in [1.29, 1.82) is 0 Å². The largest absolute Gasteiger partial charge is 2.00 e. The molecule has 4 rings (SSSR count). The van der Waals surface area contributed by atoms with Crippen molar-refractivity contribution in [2.75, 3.05) is 0 Å². The molecule has 0 aliphatic carbocycles. The summed E-state index contributed by atoms with van der Waals surface area (Å²) in [7, 11) is 0.759. The van der Waals surface area contributed by atoms with E-state index >= 15 is 0 Å². The van der Waals surface area contributed by atoms with E-state index in [0.29, 0.717) is 0 Å². The van der Waals surface area contributed by atoms with E-state index in [9.17, 15) is 0 Å². The fourth-order valence-corrected chi connectivity index (χ4v) is 3.77. The van der Waals surface area contributed by atoms with Crippen LogP contribution in [0.25, 0.3) is 10.8 Å². The van der Waals surface area contributed by atoms with Crippen LogP contribution in [0, 0.1) is 6.92 Å². The maximum Gasteiger partial charge on any atom is 2.00 e. The molecule has 0 aliphatic heterocycles. The normalized spacial score (nSPS) is 10.1. The zero-order chi connectivity index (χ0) is 19.3. The fraction of sp³-hybridized carbons (Fsp3) is 0.0769. The van der Waals surface area contributed by atoms with E-state index in [1.807, 2.05) is 49.4 Å². The molecule has 0 fully saturated rings. The Bertz CT molecular complexity index is 895. The Kier molecular flexibility index (Phi) is 12.1. The first-order chi connectivity index (χ1) is 13.2. The Hall–Kier alpha value is -1.98. The summed E-state index contributed by atoms with van der Waals surface area (Å²) in [5.74, 6) is 0. The van der Waals surface area contributed by atoms with Crippen molar-refractivity contribution < 1.29 is 21.7 Å². The Morgan fingerprint density at radius 3 is 2.14 bits per heavy atom. The van der Waals surface area contributed by atoms with E-state index in [-0.39, 0.29) is 21.7 Å². The van der Waals surface area contributed by atoms with Gasteiger partial charge in [-0.05, 0) is 24.7 Å². The molecule has 4 aromatic rings. The van der Waals surface area contributed by atoms with Crippen LogP contribution in [0.5, 0.6) is 0 Å². The molecule has 0 aromatic heterocycles. The molecule has 4 aromatic carbocycles. The summed E-state index contributed by atoms with van der Waals surface area (Å²) in [6, 6.07) is 31.8. The summed E-state index contributed by atoms with van der Waals surface area (Å²) in [5, 5.41) is 5.58. The number of aryl methyl sites for hydroxylation is 1. The van der Waals surface area contributed by atoms with Gasteiger partial charge < -0.3 is 0 Å². The minimum atomic E-state index is 0. The van der Waals surface area contributed by atoms with Crippen LogP contribution in [0.15, 0.2) is 116 Å². The van der Waals surface area contributed by atoms with E-state index < -0.39 is 0 Å². The van der Waals surface area contributed by atoms with Gasteiger partial charge in [-0.2, -0.15) is 24.3 Å². The predicted octanol–water partition coefficient (Wildman–Crippen LogP) is 6.65. The van der Waals surface area contributed by atoms with Crippen molar-refractivity contribution in [3.05, 3.63) is 121 Å². The standard InChI is InChI=1S/C16H14P.C5H5.C5H8.Ti/c1-12-6-2-5-9-16(12)17-15-10-13-7-3-4-8-14(13)11-15;1-2-4-5-3-1;1-3-5-4-2;/h2-11,17H,1H3;1-5H;3-5H,1H2,2H3;/q2*-1;;+2. The van der Waals surface area contributed by atoms with E-state index in [1.54, 1.807) is 6.08 Å². The SMILES string of the molecule is C=CC=CC.Cc1ccccc1Pc1cc2ccccc2[cH-]1.[Ti+2].c1cc[cH-]c1. The van der Waals surface area contributed by atoms with Gasteiger partial charge >= 0.3 is 21.7 Å². The zero-order valence-corrected chi connectivity index (χ0v) is 19.2. The zero-order valence-electron chi connectivity index (χ0n) is 16.6. The van der Waals surface area contributed by atoms with Crippen molar-refractivity contribution in [2.24, 2.45) is 0 Å². The van der Waals surface area contributed by atoms with Crippen LogP contribution >= 0.6 is 8.58 Å². The second kappa shape index (κ2) is 14.1. The maximum atomic E-state index is 3.46. The van der Waals surface area contributed by atoms with Crippen LogP contribution in [-0.4, -0.2) is 0 Å². The number of fused-ring (bicyclic) bond motifs is 1. The first-order valence-electron chi connectivity index (χ1n) is 9.13. The minimum absolute atomic E-state index is 0. The third kappa shape index (κ3) is 8.36. The van der Waals surface area contributed by atoms with Crippen LogP contribution in [0.2, 0.25) is 0 Å². The third-order valence-electron chi connectivity index (χ3n) is 3.93. The Labute approximate surface area is 186 Å². The van der Waals surface area contributed by atoms with Gasteiger partial charge in [0.15, 0.2) is 0 Å². The van der Waals surface area contributed by atoms with Crippen molar-refractivity contribution in [3.8, 4) is 0 Å². The predicted molar refractivity (Wildman–Crippen MR) is 125 cm³/mol. The molecule has 1 unspecified atom stereocenters. The average molecular weight is 418 g/mol. The quantitative estimate of drug-likeness (QED) is 0.151. The molecular weight excluding hydrogens is 391 g/mol. The smallest absolute Gasteiger partial charge is 0.214 e. The van der Waals surface area contributed by atoms with Crippen LogP contribution in [-0.2, 0) is 21.7 Å². The number of hydrogen-bond acceptors (Lipinski definition) is 0. The molecule has 0 saturated carbocycles. The number of rotatable bonds is 3. The van der Waals surface area contributed by atoms with E-state index in [0.717, 1.165) is 8.58 Å². The van der Waals surface area contributed by atoms with Gasteiger partial charge in [-0.1, -0.05) is 63.7 Å². The van der Waals surface area contributed by atoms with Crippen LogP contribution < -0.4 is 10.6 Å². The molecular formula is C26H27PTi. The molecule has 0 heterocycles. The minimum Gasteiger partial charge on any atom is -0.214 e. The number of allylic oxidation sites excluding steroid dienone is 3. The van der Waals surface area contributed by atoms with Gasteiger partial charge in [0.1, 0.15) is 0 Å². The Morgan fingerprint density at radius 2 is 1.61 bits per heavy atom. The molecule has 0 N–H and O–H groups in total. The van der Waals surface area contributed by atoms with Gasteiger partial charge in [-0.15, -0.1) is 40.3 Å². The summed E-state index contributed by atoms with van der Waals surface area (Å²) in [6.07, 6.45) is 5.58. The van der Waals surface area contributed by atoms with Gasteiger partial charge in [0.2, 0.25) is 0 Å². The Morgan fingerprint density at radius 1 is 0.929 bits per heavy atom. The number of benzene rings is 2. The maximum absolute atomic E-state index is 3.46. The second-order valence-corrected chi connectivity index (χ2v) is 7.40. The third-order valence-corrected chi connectivity index (χ3v) is 5.33. The molecule has 0 nitrogen and oxygen atoms in total. The van der Waals surface area contributed by atoms with Crippen LogP contribution in [0.1, 0.15) is 12.5 Å². The van der Waals surface area contributed by atoms with Crippen molar-refractivity contribution in [2.45, 2.75) is 13.8 Å². The summed E-state index contributed by atoms with van der Waals surface area (Å²) < 4.78 is 0. The molecule has 0 amide bonds. The van der Waals surface area contributed by atoms with Crippen LogP contribution in [0.3, 0.4) is 0 Å². The molecule has 0 bridgehead atoms. The van der Waals surface area contributed by atoms with Gasteiger partial charge in [-0.25, -0.2) is 12.1 Å². The average Bonchev–Trinajstić information content (AvgIpc) is 3.37. The van der Waals surface area contributed by atoms with Gasteiger partial charge in [0.05, 0.1) is 0 Å². The van der Waals surface area contributed by atoms with E-state index in [1.165, 1.54) is 26.9 Å². The first-order valence-corrected chi connectivity index (χ1v) is 10.1. The topological polar surface area (TPSA) is 0 Å². The Balaban J connectivity index is 0.000000297. The molecule has 140 valence electrons. The van der Waals surface area contributed by atoms with Crippen LogP contribution in [0.4, 0.5) is 0 Å². The van der Waals surface area contributed by atoms with Crippen molar-refractivity contribution in [3.63, 3.8) is 0 Å². The van der Waals surface area contributed by atoms with Gasteiger partial charge in [0.25, 0.3) is 0 Å². The summed E-state index contributed by atoms with van der Waals surface area (Å²) in [4.78, 5) is 0. The number of hydrogen-bond donors (Lipinski definition) is 0. The molecule has 1 atom stereocenters. The fourth-order valence-electron chi connectivity index (χ4n) is 2.55. The van der Waals surface area contributed by atoms with Gasteiger partial charge in [0, 0.05) is 0 Å². The summed E-state index contributed by atoms with van der Waals surface area (Å²) in [5.41, 5.74) is 1.39. The molecule has 0 radical (unpaired) electrons. The molecule has 0 saturated heterocycles. The first kappa shape index (κ1) is 24.1. The molecule has 2 heteroatoms. The molecule has 28 heavy (non-hydrogen) atoms. The van der Waals surface area contributed by atoms with E-state index in [4.69, 9.17) is 0 Å². The van der Waals surface area contributed by atoms with Crippen molar-refractivity contribution >= 4 is 30.0 Å². The monoisotopic (exact) mass is 418 g/mol. The van der Waals surface area contributed by atoms with E-state index in [2.05, 4.69) is 74.2 Å². The molecule has 0 aliphatic rings. The molecule has 0 spiro atoms. The van der Waals surface area contributed by atoms with Crippen molar-refractivity contribution in [1.82, 2.24) is 0 Å². The second-order valence-electron chi connectivity index (χ2n) is 6.04. The summed E-state index contributed by atoms with van der Waals surface area (Å²) >= 11 is 0. The van der Waals surface area contributed by atoms with Gasteiger partial charge in [-0.3, -0.25) is 0 Å². The summed E-state index contributed by atoms with van der Waals surface area (Å²) in [6.45, 7) is 7.61.